The van der Waals surface area contributed by atoms with Crippen LogP contribution in [0.1, 0.15) is 18.2 Å². The third-order valence-electron chi connectivity index (χ3n) is 2.91. The number of carbonyl (C=O) groups excluding carboxylic acids is 1. The Bertz CT molecular complexity index is 693. The number of rotatable bonds is 5. The van der Waals surface area contributed by atoms with Gasteiger partial charge in [0.25, 0.3) is 5.56 Å². The summed E-state index contributed by atoms with van der Waals surface area (Å²) in [5.74, 6) is 0.790. The molecule has 6 nitrogen and oxygen atoms in total. The van der Waals surface area contributed by atoms with E-state index >= 15 is 0 Å². The molecular weight excluding hydrogens is 290 g/mol. The number of nitrogens with one attached hydrogen (secondary N) is 1. The molecule has 21 heavy (non-hydrogen) atoms. The Morgan fingerprint density at radius 1 is 1.52 bits per heavy atom. The van der Waals surface area contributed by atoms with Crippen molar-refractivity contribution in [2.45, 2.75) is 24.9 Å². The maximum atomic E-state index is 12.0. The highest BCUT2D eigenvalue weighted by molar-refractivity contribution is 7.99. The van der Waals surface area contributed by atoms with Crippen LogP contribution in [-0.2, 0) is 17.6 Å². The fraction of sp³-hybridized carbons (Fsp3) is 0.357. The highest BCUT2D eigenvalue weighted by Crippen LogP contribution is 2.18. The zero-order valence-corrected chi connectivity index (χ0v) is 12.9. The zero-order chi connectivity index (χ0) is 15.4. The summed E-state index contributed by atoms with van der Waals surface area (Å²) >= 11 is 1.46. The lowest BCUT2D eigenvalue weighted by atomic mass is 10.3. The molecule has 0 aliphatic heterocycles. The van der Waals surface area contributed by atoms with Crippen molar-refractivity contribution >= 4 is 23.6 Å². The lowest BCUT2D eigenvalue weighted by Gasteiger charge is -2.10. The second kappa shape index (κ2) is 6.62. The van der Waals surface area contributed by atoms with E-state index in [1.165, 1.54) is 16.3 Å². The van der Waals surface area contributed by atoms with E-state index in [1.54, 1.807) is 32.3 Å². The van der Waals surface area contributed by atoms with E-state index in [4.69, 9.17) is 4.52 Å². The molecule has 0 saturated carbocycles. The SMILES string of the molecule is Cc1cc(NC(=O)C(C)SCc2ccn(C)c(=O)c2)on1. The Hall–Kier alpha value is -2.02. The molecule has 2 heterocycles. The summed E-state index contributed by atoms with van der Waals surface area (Å²) < 4.78 is 6.45. The summed E-state index contributed by atoms with van der Waals surface area (Å²) in [6, 6.07) is 5.12. The van der Waals surface area contributed by atoms with Gasteiger partial charge >= 0.3 is 0 Å². The molecule has 0 bridgehead atoms. The number of hydrogen-bond donors (Lipinski definition) is 1. The van der Waals surface area contributed by atoms with Crippen LogP contribution in [0.2, 0.25) is 0 Å². The van der Waals surface area contributed by atoms with Crippen molar-refractivity contribution < 1.29 is 9.32 Å². The zero-order valence-electron chi connectivity index (χ0n) is 12.1. The van der Waals surface area contributed by atoms with Crippen LogP contribution in [0.5, 0.6) is 0 Å². The molecule has 112 valence electrons. The predicted molar refractivity (Wildman–Crippen MR) is 82.3 cm³/mol. The Labute approximate surface area is 126 Å². The van der Waals surface area contributed by atoms with E-state index in [-0.39, 0.29) is 16.7 Å². The Morgan fingerprint density at radius 2 is 2.29 bits per heavy atom. The standard InChI is InChI=1S/C14H17N3O3S/c1-9-6-12(20-16-9)15-14(19)10(2)21-8-11-4-5-17(3)13(18)7-11/h4-7,10H,8H2,1-3H3,(H,15,19). The van der Waals surface area contributed by atoms with Crippen molar-refractivity contribution in [1.82, 2.24) is 9.72 Å². The van der Waals surface area contributed by atoms with Crippen LogP contribution in [0, 0.1) is 6.92 Å². The summed E-state index contributed by atoms with van der Waals surface area (Å²) in [6.07, 6.45) is 1.72. The fourth-order valence-electron chi connectivity index (χ4n) is 1.62. The molecule has 0 aromatic carbocycles. The van der Waals surface area contributed by atoms with Crippen LogP contribution < -0.4 is 10.9 Å². The van der Waals surface area contributed by atoms with E-state index in [0.717, 1.165) is 5.56 Å². The molecule has 0 aliphatic carbocycles. The minimum Gasteiger partial charge on any atom is -0.338 e. The second-order valence-corrected chi connectivity index (χ2v) is 6.09. The number of anilines is 1. The summed E-state index contributed by atoms with van der Waals surface area (Å²) in [5.41, 5.74) is 1.56. The van der Waals surface area contributed by atoms with Crippen LogP contribution in [0.4, 0.5) is 5.88 Å². The smallest absolute Gasteiger partial charge is 0.250 e. The molecule has 1 atom stereocenters. The molecule has 0 aliphatic rings. The summed E-state index contributed by atoms with van der Waals surface area (Å²) in [6.45, 7) is 3.59. The first-order chi connectivity index (χ1) is 9.95. The molecule has 2 aromatic rings. The van der Waals surface area contributed by atoms with Gasteiger partial charge in [-0.25, -0.2) is 0 Å². The van der Waals surface area contributed by atoms with E-state index in [2.05, 4.69) is 10.5 Å². The molecule has 2 rings (SSSR count). The van der Waals surface area contributed by atoms with Gasteiger partial charge in [0.2, 0.25) is 11.8 Å². The lowest BCUT2D eigenvalue weighted by Crippen LogP contribution is -2.22. The molecule has 0 fully saturated rings. The normalized spacial score (nSPS) is 12.1. The van der Waals surface area contributed by atoms with E-state index in [0.29, 0.717) is 17.3 Å². The van der Waals surface area contributed by atoms with Crippen LogP contribution in [-0.4, -0.2) is 20.9 Å². The minimum absolute atomic E-state index is 0.0534. The third kappa shape index (κ3) is 4.22. The van der Waals surface area contributed by atoms with Gasteiger partial charge in [-0.2, -0.15) is 0 Å². The summed E-state index contributed by atoms with van der Waals surface area (Å²) in [4.78, 5) is 23.5. The molecule has 0 saturated heterocycles. The Kier molecular flexibility index (Phi) is 4.85. The van der Waals surface area contributed by atoms with Crippen molar-refractivity contribution in [3.63, 3.8) is 0 Å². The third-order valence-corrected chi connectivity index (χ3v) is 4.13. The molecule has 0 spiro atoms. The minimum atomic E-state index is -0.264. The highest BCUT2D eigenvalue weighted by Gasteiger charge is 2.15. The van der Waals surface area contributed by atoms with Crippen molar-refractivity contribution in [2.75, 3.05) is 5.32 Å². The van der Waals surface area contributed by atoms with Gasteiger partial charge in [-0.3, -0.25) is 14.9 Å². The molecular formula is C14H17N3O3S. The second-order valence-electron chi connectivity index (χ2n) is 4.76. The summed E-state index contributed by atoms with van der Waals surface area (Å²) in [7, 11) is 1.70. The average molecular weight is 307 g/mol. The van der Waals surface area contributed by atoms with Crippen molar-refractivity contribution in [3.8, 4) is 0 Å². The van der Waals surface area contributed by atoms with E-state index in [9.17, 15) is 9.59 Å². The Balaban J connectivity index is 1.88. The quantitative estimate of drug-likeness (QED) is 0.913. The van der Waals surface area contributed by atoms with Gasteiger partial charge in [0.15, 0.2) is 0 Å². The number of nitrogens with zero attached hydrogens (tertiary/aromatic N) is 2. The lowest BCUT2D eigenvalue weighted by molar-refractivity contribution is -0.115. The van der Waals surface area contributed by atoms with Crippen molar-refractivity contribution in [3.05, 3.63) is 46.0 Å². The van der Waals surface area contributed by atoms with Gasteiger partial charge in [-0.15, -0.1) is 11.8 Å². The molecule has 7 heteroatoms. The van der Waals surface area contributed by atoms with Crippen LogP contribution in [0.25, 0.3) is 0 Å². The van der Waals surface area contributed by atoms with Crippen molar-refractivity contribution in [2.24, 2.45) is 7.05 Å². The van der Waals surface area contributed by atoms with Crippen LogP contribution in [0.15, 0.2) is 33.7 Å². The first kappa shape index (κ1) is 15.4. The maximum Gasteiger partial charge on any atom is 0.250 e. The van der Waals surface area contributed by atoms with Gasteiger partial charge in [-0.05, 0) is 25.5 Å². The number of amides is 1. The van der Waals surface area contributed by atoms with E-state index < -0.39 is 0 Å². The molecule has 1 amide bonds. The summed E-state index contributed by atoms with van der Waals surface area (Å²) in [5, 5.41) is 6.11. The topological polar surface area (TPSA) is 77.1 Å². The molecule has 1 unspecified atom stereocenters. The number of thioether (sulfide) groups is 1. The van der Waals surface area contributed by atoms with Crippen molar-refractivity contribution in [1.29, 1.82) is 0 Å². The maximum absolute atomic E-state index is 12.0. The Morgan fingerprint density at radius 3 is 2.90 bits per heavy atom. The average Bonchev–Trinajstić information content (AvgIpc) is 2.85. The number of carbonyl (C=O) groups is 1. The van der Waals surface area contributed by atoms with E-state index in [1.807, 2.05) is 13.0 Å². The predicted octanol–water partition coefficient (Wildman–Crippen LogP) is 1.94. The number of aryl methyl sites for hydroxylation is 2. The first-order valence-corrected chi connectivity index (χ1v) is 7.52. The molecule has 2 aromatic heterocycles. The van der Waals surface area contributed by atoms with Gasteiger partial charge in [0.05, 0.1) is 10.9 Å². The molecule has 1 N–H and O–H groups in total. The van der Waals surface area contributed by atoms with Gasteiger partial charge in [-0.1, -0.05) is 5.16 Å². The number of aromatic nitrogens is 2. The first-order valence-electron chi connectivity index (χ1n) is 6.47. The van der Waals surface area contributed by atoms with Crippen LogP contribution >= 0.6 is 11.8 Å². The fourth-order valence-corrected chi connectivity index (χ4v) is 2.45. The van der Waals surface area contributed by atoms with Gasteiger partial charge < -0.3 is 9.09 Å². The number of hydrogen-bond acceptors (Lipinski definition) is 5. The van der Waals surface area contributed by atoms with Crippen LogP contribution in [0.3, 0.4) is 0 Å². The highest BCUT2D eigenvalue weighted by atomic mass is 32.2. The van der Waals surface area contributed by atoms with Gasteiger partial charge in [0.1, 0.15) is 0 Å². The monoisotopic (exact) mass is 307 g/mol. The molecule has 0 radical (unpaired) electrons. The number of pyridine rings is 1. The largest absolute Gasteiger partial charge is 0.338 e. The van der Waals surface area contributed by atoms with Gasteiger partial charge in [0, 0.05) is 31.1 Å².